The third kappa shape index (κ3) is 7.28. The number of carbonyl (C=O) groups excluding carboxylic acids is 1. The molecule has 3 heteroatoms. The van der Waals surface area contributed by atoms with E-state index in [9.17, 15) is 4.79 Å². The normalized spacial score (nSPS) is 14.0. The SMILES string of the molecule is CC(C)C[C@H](CN)CC(=O)NCCC(C)c1ccccc1. The van der Waals surface area contributed by atoms with E-state index < -0.39 is 0 Å². The summed E-state index contributed by atoms with van der Waals surface area (Å²) >= 11 is 0. The standard InChI is InChI=1S/C18H30N2O/c1-14(2)11-16(13-19)12-18(21)20-10-9-15(3)17-7-5-4-6-8-17/h4-8,14-16H,9-13,19H2,1-3H3,(H,20,21)/t15?,16-/m0/s1. The molecule has 1 aromatic carbocycles. The van der Waals surface area contributed by atoms with Crippen LogP contribution >= 0.6 is 0 Å². The molecule has 3 nitrogen and oxygen atoms in total. The van der Waals surface area contributed by atoms with Gasteiger partial charge in [0.25, 0.3) is 0 Å². The van der Waals surface area contributed by atoms with E-state index in [1.54, 1.807) is 0 Å². The molecule has 0 radical (unpaired) electrons. The fraction of sp³-hybridized carbons (Fsp3) is 0.611. The zero-order valence-corrected chi connectivity index (χ0v) is 13.6. The van der Waals surface area contributed by atoms with Gasteiger partial charge in [-0.15, -0.1) is 0 Å². The van der Waals surface area contributed by atoms with E-state index in [-0.39, 0.29) is 5.91 Å². The molecule has 3 N–H and O–H groups in total. The lowest BCUT2D eigenvalue weighted by Gasteiger charge is -2.17. The monoisotopic (exact) mass is 290 g/mol. The number of hydrogen-bond donors (Lipinski definition) is 2. The van der Waals surface area contributed by atoms with Crippen LogP contribution in [-0.2, 0) is 4.79 Å². The number of carbonyl (C=O) groups is 1. The van der Waals surface area contributed by atoms with Crippen molar-refractivity contribution in [3.05, 3.63) is 35.9 Å². The molecule has 1 aromatic rings. The summed E-state index contributed by atoms with van der Waals surface area (Å²) in [5, 5.41) is 3.03. The average Bonchev–Trinajstić information content (AvgIpc) is 2.46. The van der Waals surface area contributed by atoms with Crippen molar-refractivity contribution in [3.63, 3.8) is 0 Å². The molecule has 2 atom stereocenters. The van der Waals surface area contributed by atoms with Crippen molar-refractivity contribution in [2.75, 3.05) is 13.1 Å². The van der Waals surface area contributed by atoms with Gasteiger partial charge >= 0.3 is 0 Å². The van der Waals surface area contributed by atoms with E-state index in [0.29, 0.717) is 30.7 Å². The fourth-order valence-electron chi connectivity index (χ4n) is 2.64. The molecular weight excluding hydrogens is 260 g/mol. The van der Waals surface area contributed by atoms with Crippen molar-refractivity contribution < 1.29 is 4.79 Å². The van der Waals surface area contributed by atoms with Crippen LogP contribution in [0.4, 0.5) is 0 Å². The summed E-state index contributed by atoms with van der Waals surface area (Å²) in [5.41, 5.74) is 7.07. The van der Waals surface area contributed by atoms with Gasteiger partial charge in [0, 0.05) is 13.0 Å². The maximum absolute atomic E-state index is 11.9. The van der Waals surface area contributed by atoms with Crippen molar-refractivity contribution in [1.82, 2.24) is 5.32 Å². The molecule has 1 rings (SSSR count). The number of nitrogens with two attached hydrogens (primary N) is 1. The fourth-order valence-corrected chi connectivity index (χ4v) is 2.64. The smallest absolute Gasteiger partial charge is 0.220 e. The Hall–Kier alpha value is -1.35. The molecule has 21 heavy (non-hydrogen) atoms. The van der Waals surface area contributed by atoms with Crippen molar-refractivity contribution >= 4 is 5.91 Å². The van der Waals surface area contributed by atoms with Crippen molar-refractivity contribution in [2.24, 2.45) is 17.6 Å². The molecule has 1 unspecified atom stereocenters. The van der Waals surface area contributed by atoms with Crippen LogP contribution < -0.4 is 11.1 Å². The Morgan fingerprint density at radius 3 is 2.43 bits per heavy atom. The van der Waals surface area contributed by atoms with Gasteiger partial charge in [0.2, 0.25) is 5.91 Å². The number of amides is 1. The summed E-state index contributed by atoms with van der Waals surface area (Å²) in [6.07, 6.45) is 2.53. The number of nitrogens with one attached hydrogen (secondary N) is 1. The zero-order chi connectivity index (χ0) is 15.7. The Balaban J connectivity index is 2.27. The third-order valence-electron chi connectivity index (χ3n) is 3.88. The topological polar surface area (TPSA) is 55.1 Å². The number of benzene rings is 1. The van der Waals surface area contributed by atoms with E-state index >= 15 is 0 Å². The molecule has 1 amide bonds. The highest BCUT2D eigenvalue weighted by Gasteiger charge is 2.14. The van der Waals surface area contributed by atoms with Crippen LogP contribution in [0.5, 0.6) is 0 Å². The van der Waals surface area contributed by atoms with Crippen LogP contribution in [0.3, 0.4) is 0 Å². The second-order valence-corrected chi connectivity index (χ2v) is 6.39. The van der Waals surface area contributed by atoms with Gasteiger partial charge in [-0.1, -0.05) is 51.1 Å². The number of rotatable bonds is 9. The van der Waals surface area contributed by atoms with Crippen LogP contribution in [0.25, 0.3) is 0 Å². The van der Waals surface area contributed by atoms with Gasteiger partial charge in [-0.2, -0.15) is 0 Å². The quantitative estimate of drug-likeness (QED) is 0.733. The Kier molecular flexibility index (Phi) is 8.06. The minimum absolute atomic E-state index is 0.131. The minimum Gasteiger partial charge on any atom is -0.356 e. The summed E-state index contributed by atoms with van der Waals surface area (Å²) in [4.78, 5) is 11.9. The van der Waals surface area contributed by atoms with Crippen LogP contribution in [0.15, 0.2) is 30.3 Å². The van der Waals surface area contributed by atoms with Gasteiger partial charge in [0.05, 0.1) is 0 Å². The molecule has 0 saturated carbocycles. The summed E-state index contributed by atoms with van der Waals surface area (Å²) in [6, 6.07) is 10.4. The summed E-state index contributed by atoms with van der Waals surface area (Å²) < 4.78 is 0. The van der Waals surface area contributed by atoms with Crippen molar-refractivity contribution in [2.45, 2.75) is 46.0 Å². The minimum atomic E-state index is 0.131. The first-order valence-electron chi connectivity index (χ1n) is 8.04. The van der Waals surface area contributed by atoms with Gasteiger partial charge in [0.15, 0.2) is 0 Å². The second kappa shape index (κ2) is 9.56. The maximum atomic E-state index is 11.9. The van der Waals surface area contributed by atoms with Crippen LogP contribution in [0.1, 0.15) is 51.5 Å². The molecule has 0 spiro atoms. The average molecular weight is 290 g/mol. The van der Waals surface area contributed by atoms with Crippen LogP contribution in [0.2, 0.25) is 0 Å². The summed E-state index contributed by atoms with van der Waals surface area (Å²) in [5.74, 6) is 1.49. The van der Waals surface area contributed by atoms with Gasteiger partial charge in [0.1, 0.15) is 0 Å². The number of hydrogen-bond acceptors (Lipinski definition) is 2. The van der Waals surface area contributed by atoms with Gasteiger partial charge in [-0.05, 0) is 42.7 Å². The first kappa shape index (κ1) is 17.7. The molecule has 118 valence electrons. The molecule has 0 bridgehead atoms. The molecule has 0 aliphatic heterocycles. The van der Waals surface area contributed by atoms with Crippen LogP contribution in [-0.4, -0.2) is 19.0 Å². The highest BCUT2D eigenvalue weighted by molar-refractivity contribution is 5.76. The first-order valence-corrected chi connectivity index (χ1v) is 8.04. The summed E-state index contributed by atoms with van der Waals surface area (Å²) in [6.45, 7) is 7.85. The van der Waals surface area contributed by atoms with E-state index in [4.69, 9.17) is 5.73 Å². The third-order valence-corrected chi connectivity index (χ3v) is 3.88. The molecule has 0 aliphatic carbocycles. The van der Waals surface area contributed by atoms with Gasteiger partial charge in [-0.3, -0.25) is 4.79 Å². The predicted octanol–water partition coefficient (Wildman–Crippen LogP) is 3.31. The first-order chi connectivity index (χ1) is 10.0. The van der Waals surface area contributed by atoms with Gasteiger partial charge < -0.3 is 11.1 Å². The molecule has 0 aromatic heterocycles. The lowest BCUT2D eigenvalue weighted by Crippen LogP contribution is -2.30. The maximum Gasteiger partial charge on any atom is 0.220 e. The largest absolute Gasteiger partial charge is 0.356 e. The molecular formula is C18H30N2O. The Labute approximate surface area is 129 Å². The van der Waals surface area contributed by atoms with E-state index in [1.165, 1.54) is 5.56 Å². The predicted molar refractivity (Wildman–Crippen MR) is 89.1 cm³/mol. The molecule has 0 aliphatic rings. The van der Waals surface area contributed by atoms with Crippen molar-refractivity contribution in [1.29, 1.82) is 0 Å². The van der Waals surface area contributed by atoms with Gasteiger partial charge in [-0.25, -0.2) is 0 Å². The Bertz CT molecular complexity index is 403. The van der Waals surface area contributed by atoms with Crippen molar-refractivity contribution in [3.8, 4) is 0 Å². The van der Waals surface area contributed by atoms with E-state index in [2.05, 4.69) is 50.4 Å². The molecule has 0 heterocycles. The Morgan fingerprint density at radius 2 is 1.86 bits per heavy atom. The van der Waals surface area contributed by atoms with E-state index in [1.807, 2.05) is 6.07 Å². The molecule has 0 fully saturated rings. The highest BCUT2D eigenvalue weighted by Crippen LogP contribution is 2.18. The second-order valence-electron chi connectivity index (χ2n) is 6.39. The Morgan fingerprint density at radius 1 is 1.19 bits per heavy atom. The zero-order valence-electron chi connectivity index (χ0n) is 13.6. The molecule has 0 saturated heterocycles. The lowest BCUT2D eigenvalue weighted by molar-refractivity contribution is -0.122. The summed E-state index contributed by atoms with van der Waals surface area (Å²) in [7, 11) is 0. The van der Waals surface area contributed by atoms with E-state index in [0.717, 1.165) is 19.4 Å². The highest BCUT2D eigenvalue weighted by atomic mass is 16.1. The lowest BCUT2D eigenvalue weighted by atomic mass is 9.94. The van der Waals surface area contributed by atoms with Crippen LogP contribution in [0, 0.1) is 11.8 Å².